The molecule has 0 fully saturated rings. The molecule has 0 saturated carbocycles. The predicted molar refractivity (Wildman–Crippen MR) is 131 cm³/mol. The number of sulfonamides is 1. The fraction of sp³-hybridized carbons (Fsp3) is 0.391. The van der Waals surface area contributed by atoms with E-state index >= 15 is 0 Å². The number of anilines is 1. The summed E-state index contributed by atoms with van der Waals surface area (Å²) in [7, 11) is -3.72. The summed E-state index contributed by atoms with van der Waals surface area (Å²) in [5, 5.41) is 2.89. The van der Waals surface area contributed by atoms with Gasteiger partial charge < -0.3 is 10.2 Å². The molecule has 0 aromatic heterocycles. The van der Waals surface area contributed by atoms with E-state index in [1.807, 2.05) is 45.0 Å². The maximum absolute atomic E-state index is 13.4. The summed E-state index contributed by atoms with van der Waals surface area (Å²) < 4.78 is 26.8. The van der Waals surface area contributed by atoms with E-state index in [9.17, 15) is 18.0 Å². The van der Waals surface area contributed by atoms with Crippen LogP contribution in [0.1, 0.15) is 33.3 Å². The highest BCUT2D eigenvalue weighted by Gasteiger charge is 2.31. The van der Waals surface area contributed by atoms with Gasteiger partial charge in [-0.2, -0.15) is 0 Å². The molecule has 0 spiro atoms. The lowest BCUT2D eigenvalue weighted by Gasteiger charge is -2.33. The first-order valence-corrected chi connectivity index (χ1v) is 12.8. The molecule has 1 atom stereocenters. The number of rotatable bonds is 8. The van der Waals surface area contributed by atoms with E-state index in [0.717, 1.165) is 20.6 Å². The molecule has 2 aromatic carbocycles. The Hall–Kier alpha value is -2.39. The molecule has 0 aliphatic rings. The van der Waals surface area contributed by atoms with Crippen molar-refractivity contribution in [3.05, 3.63) is 64.6 Å². The molecule has 1 N–H and O–H groups in total. The Labute approximate surface area is 199 Å². The number of hydrogen-bond donors (Lipinski definition) is 1. The molecule has 0 heterocycles. The third-order valence-electron chi connectivity index (χ3n) is 4.66. The number of benzene rings is 2. The van der Waals surface area contributed by atoms with Crippen LogP contribution < -0.4 is 9.62 Å². The molecular weight excluding hydrogens is 494 g/mol. The quantitative estimate of drug-likeness (QED) is 0.573. The van der Waals surface area contributed by atoms with E-state index in [0.29, 0.717) is 5.69 Å². The summed E-state index contributed by atoms with van der Waals surface area (Å²) in [6, 6.07) is 15.0. The number of para-hydroxylation sites is 1. The van der Waals surface area contributed by atoms with Gasteiger partial charge in [-0.05, 0) is 57.5 Å². The summed E-state index contributed by atoms with van der Waals surface area (Å²) in [6.07, 6.45) is 1.06. The van der Waals surface area contributed by atoms with Crippen molar-refractivity contribution < 1.29 is 18.0 Å². The number of hydrogen-bond acceptors (Lipinski definition) is 4. The van der Waals surface area contributed by atoms with Gasteiger partial charge in [0.15, 0.2) is 0 Å². The highest BCUT2D eigenvalue weighted by molar-refractivity contribution is 9.10. The number of nitrogens with one attached hydrogen (secondary N) is 1. The van der Waals surface area contributed by atoms with Gasteiger partial charge in [0.2, 0.25) is 21.8 Å². The minimum atomic E-state index is -3.72. The smallest absolute Gasteiger partial charge is 0.244 e. The van der Waals surface area contributed by atoms with Gasteiger partial charge in [-0.25, -0.2) is 8.42 Å². The average molecular weight is 524 g/mol. The van der Waals surface area contributed by atoms with Crippen LogP contribution in [0.25, 0.3) is 0 Å². The Morgan fingerprint density at radius 3 is 2.09 bits per heavy atom. The summed E-state index contributed by atoms with van der Waals surface area (Å²) >= 11 is 3.39. The summed E-state index contributed by atoms with van der Waals surface area (Å²) in [5.41, 5.74) is 0.738. The van der Waals surface area contributed by atoms with Crippen LogP contribution in [0, 0.1) is 0 Å². The predicted octanol–water partition coefficient (Wildman–Crippen LogP) is 3.55. The first-order valence-electron chi connectivity index (χ1n) is 10.2. The van der Waals surface area contributed by atoms with Crippen LogP contribution in [0.3, 0.4) is 0 Å². The number of nitrogens with zero attached hydrogens (tertiary/aromatic N) is 2. The standard InChI is InChI=1S/C23H30BrN3O4S/c1-17(22(29)25-23(2,3)4)26(15-18-11-13-19(24)14-12-18)21(28)16-27(32(5,30)31)20-9-7-6-8-10-20/h6-14,17H,15-16H2,1-5H3,(H,25,29). The zero-order valence-corrected chi connectivity index (χ0v) is 21.4. The molecule has 0 saturated heterocycles. The Balaban J connectivity index is 2.36. The van der Waals surface area contributed by atoms with Crippen LogP contribution in [0.5, 0.6) is 0 Å². The molecule has 0 radical (unpaired) electrons. The van der Waals surface area contributed by atoms with Crippen LogP contribution >= 0.6 is 15.9 Å². The van der Waals surface area contributed by atoms with Crippen molar-refractivity contribution in [3.8, 4) is 0 Å². The molecule has 0 aliphatic carbocycles. The SMILES string of the molecule is CC(C(=O)NC(C)(C)C)N(Cc1ccc(Br)cc1)C(=O)CN(c1ccccc1)S(C)(=O)=O. The second-order valence-corrected chi connectivity index (χ2v) is 11.5. The van der Waals surface area contributed by atoms with Crippen molar-refractivity contribution in [1.82, 2.24) is 10.2 Å². The Kier molecular flexibility index (Phi) is 8.47. The lowest BCUT2D eigenvalue weighted by molar-refractivity contribution is -0.140. The first-order chi connectivity index (χ1) is 14.8. The van der Waals surface area contributed by atoms with E-state index in [1.165, 1.54) is 4.90 Å². The summed E-state index contributed by atoms with van der Waals surface area (Å²) in [4.78, 5) is 27.7. The second-order valence-electron chi connectivity index (χ2n) is 8.67. The van der Waals surface area contributed by atoms with E-state index in [2.05, 4.69) is 21.2 Å². The highest BCUT2D eigenvalue weighted by atomic mass is 79.9. The van der Waals surface area contributed by atoms with Crippen LogP contribution in [-0.4, -0.2) is 49.5 Å². The topological polar surface area (TPSA) is 86.8 Å². The minimum absolute atomic E-state index is 0.164. The number of amides is 2. The largest absolute Gasteiger partial charge is 0.350 e. The number of halogens is 1. The molecule has 7 nitrogen and oxygen atoms in total. The zero-order valence-electron chi connectivity index (χ0n) is 19.0. The van der Waals surface area contributed by atoms with Crippen molar-refractivity contribution >= 4 is 43.5 Å². The van der Waals surface area contributed by atoms with Gasteiger partial charge in [0.05, 0.1) is 11.9 Å². The zero-order chi connectivity index (χ0) is 24.1. The van der Waals surface area contributed by atoms with Crippen LogP contribution in [0.4, 0.5) is 5.69 Å². The van der Waals surface area contributed by atoms with Gasteiger partial charge >= 0.3 is 0 Å². The van der Waals surface area contributed by atoms with Crippen molar-refractivity contribution in [3.63, 3.8) is 0 Å². The molecule has 0 bridgehead atoms. The fourth-order valence-corrected chi connectivity index (χ4v) is 4.17. The molecule has 2 aromatic rings. The Morgan fingerprint density at radius 2 is 1.59 bits per heavy atom. The van der Waals surface area contributed by atoms with Crippen molar-refractivity contribution in [2.45, 2.75) is 45.8 Å². The summed E-state index contributed by atoms with van der Waals surface area (Å²) in [6.45, 7) is 6.98. The molecular formula is C23H30BrN3O4S. The molecule has 32 heavy (non-hydrogen) atoms. The van der Waals surface area contributed by atoms with Crippen LogP contribution in [-0.2, 0) is 26.2 Å². The Bertz CT molecular complexity index is 1040. The summed E-state index contributed by atoms with van der Waals surface area (Å²) in [5.74, 6) is -0.785. The Morgan fingerprint density at radius 1 is 1.03 bits per heavy atom. The van der Waals surface area contributed by atoms with Gasteiger partial charge in [-0.1, -0.05) is 46.3 Å². The van der Waals surface area contributed by atoms with Gasteiger partial charge in [-0.15, -0.1) is 0 Å². The average Bonchev–Trinajstić information content (AvgIpc) is 2.69. The first kappa shape index (κ1) is 25.9. The lowest BCUT2D eigenvalue weighted by Crippen LogP contribution is -2.54. The normalized spacial score (nSPS) is 12.7. The second kappa shape index (κ2) is 10.5. The van der Waals surface area contributed by atoms with E-state index in [-0.39, 0.29) is 12.5 Å². The van der Waals surface area contributed by atoms with Crippen molar-refractivity contribution in [1.29, 1.82) is 0 Å². The molecule has 0 aliphatic heterocycles. The maximum atomic E-state index is 13.4. The third-order valence-corrected chi connectivity index (χ3v) is 6.32. The number of carbonyl (C=O) groups excluding carboxylic acids is 2. The van der Waals surface area contributed by atoms with E-state index in [4.69, 9.17) is 0 Å². The van der Waals surface area contributed by atoms with E-state index < -0.39 is 34.1 Å². The lowest BCUT2D eigenvalue weighted by atomic mass is 10.1. The third kappa shape index (κ3) is 7.63. The van der Waals surface area contributed by atoms with Gasteiger partial charge in [0, 0.05) is 16.6 Å². The molecule has 9 heteroatoms. The molecule has 2 rings (SSSR count). The number of carbonyl (C=O) groups is 2. The van der Waals surface area contributed by atoms with Gasteiger partial charge in [0.1, 0.15) is 12.6 Å². The fourth-order valence-electron chi connectivity index (χ4n) is 3.05. The van der Waals surface area contributed by atoms with Gasteiger partial charge in [0.25, 0.3) is 0 Å². The van der Waals surface area contributed by atoms with Crippen molar-refractivity contribution in [2.75, 3.05) is 17.1 Å². The van der Waals surface area contributed by atoms with Crippen LogP contribution in [0.2, 0.25) is 0 Å². The van der Waals surface area contributed by atoms with E-state index in [1.54, 1.807) is 37.3 Å². The molecule has 1 unspecified atom stereocenters. The molecule has 2 amide bonds. The highest BCUT2D eigenvalue weighted by Crippen LogP contribution is 2.19. The minimum Gasteiger partial charge on any atom is -0.350 e. The van der Waals surface area contributed by atoms with Crippen molar-refractivity contribution in [2.24, 2.45) is 0 Å². The van der Waals surface area contributed by atoms with Crippen LogP contribution in [0.15, 0.2) is 59.1 Å². The monoisotopic (exact) mass is 523 g/mol. The molecule has 174 valence electrons. The maximum Gasteiger partial charge on any atom is 0.244 e. The van der Waals surface area contributed by atoms with Gasteiger partial charge in [-0.3, -0.25) is 13.9 Å².